The molecule has 174 valence electrons. The minimum absolute atomic E-state index is 0.0198. The lowest BCUT2D eigenvalue weighted by Gasteiger charge is -2.15. The summed E-state index contributed by atoms with van der Waals surface area (Å²) in [4.78, 5) is 12.4. The first-order chi connectivity index (χ1) is 16.0. The van der Waals surface area contributed by atoms with Gasteiger partial charge in [-0.15, -0.1) is 0 Å². The lowest BCUT2D eigenvalue weighted by molar-refractivity contribution is -0.145. The number of aromatic nitrogens is 1. The minimum atomic E-state index is -3.43. The third-order valence-electron chi connectivity index (χ3n) is 5.56. The van der Waals surface area contributed by atoms with Crippen molar-refractivity contribution in [1.29, 1.82) is 0 Å². The molecule has 3 aromatic rings. The van der Waals surface area contributed by atoms with E-state index in [0.29, 0.717) is 36.7 Å². The quantitative estimate of drug-likeness (QED) is 0.439. The monoisotopic (exact) mass is 470 g/mol. The number of ether oxygens (including phenoxy) is 2. The molecule has 1 saturated heterocycles. The van der Waals surface area contributed by atoms with Gasteiger partial charge in [-0.2, -0.15) is 4.31 Å². The summed E-state index contributed by atoms with van der Waals surface area (Å²) in [5.74, 6) is 0.730. The zero-order valence-corrected chi connectivity index (χ0v) is 19.2. The Morgan fingerprint density at radius 2 is 1.82 bits per heavy atom. The van der Waals surface area contributed by atoms with E-state index in [0.717, 1.165) is 24.0 Å². The van der Waals surface area contributed by atoms with Gasteiger partial charge in [-0.1, -0.05) is 29.4 Å². The Hall–Kier alpha value is -3.17. The summed E-state index contributed by atoms with van der Waals surface area (Å²) >= 11 is 0. The van der Waals surface area contributed by atoms with Crippen molar-refractivity contribution in [3.05, 3.63) is 65.9 Å². The second kappa shape index (κ2) is 10.2. The van der Waals surface area contributed by atoms with E-state index in [1.165, 1.54) is 4.31 Å². The maximum atomic E-state index is 12.6. The number of para-hydroxylation sites is 1. The lowest BCUT2D eigenvalue weighted by Crippen LogP contribution is -2.27. The smallest absolute Gasteiger partial charge is 0.306 e. The van der Waals surface area contributed by atoms with E-state index in [2.05, 4.69) is 5.16 Å². The summed E-state index contributed by atoms with van der Waals surface area (Å²) in [5, 5.41) is 4.02. The van der Waals surface area contributed by atoms with E-state index in [1.54, 1.807) is 37.4 Å². The summed E-state index contributed by atoms with van der Waals surface area (Å²) in [6.45, 7) is 1.12. The van der Waals surface area contributed by atoms with Crippen molar-refractivity contribution in [2.75, 3.05) is 20.2 Å². The minimum Gasteiger partial charge on any atom is -0.496 e. The molecule has 0 N–H and O–H groups in total. The van der Waals surface area contributed by atoms with Crippen LogP contribution in [0.3, 0.4) is 0 Å². The molecule has 0 atom stereocenters. The van der Waals surface area contributed by atoms with Gasteiger partial charge in [-0.3, -0.25) is 4.79 Å². The Bertz CT molecular complexity index is 1200. The standard InChI is InChI=1S/C24H26N2O6S/c1-30-23-7-3-2-6-21(23)22-16-19(32-25-22)17-31-24(27)13-10-18-8-11-20(12-9-18)33(28,29)26-14-4-5-15-26/h2-3,6-9,11-12,16H,4-5,10,13-15,17H2,1H3. The molecule has 0 bridgehead atoms. The highest BCUT2D eigenvalue weighted by Gasteiger charge is 2.26. The van der Waals surface area contributed by atoms with Crippen molar-refractivity contribution in [1.82, 2.24) is 9.46 Å². The molecule has 1 aliphatic heterocycles. The SMILES string of the molecule is COc1ccccc1-c1cc(COC(=O)CCc2ccc(S(=O)(=O)N3CCCC3)cc2)on1. The maximum absolute atomic E-state index is 12.6. The van der Waals surface area contributed by atoms with Crippen molar-refractivity contribution < 1.29 is 27.2 Å². The molecule has 8 nitrogen and oxygen atoms in total. The number of carbonyl (C=O) groups excluding carboxylic acids is 1. The summed E-state index contributed by atoms with van der Waals surface area (Å²) in [6.07, 6.45) is 2.42. The number of sulfonamides is 1. The Morgan fingerprint density at radius 3 is 2.55 bits per heavy atom. The van der Waals surface area contributed by atoms with Crippen molar-refractivity contribution in [3.63, 3.8) is 0 Å². The van der Waals surface area contributed by atoms with Crippen LogP contribution in [-0.4, -0.2) is 44.0 Å². The van der Waals surface area contributed by atoms with E-state index < -0.39 is 10.0 Å². The Balaban J connectivity index is 1.27. The fraction of sp³-hybridized carbons (Fsp3) is 0.333. The molecule has 0 unspecified atom stereocenters. The number of carbonyl (C=O) groups is 1. The molecule has 0 spiro atoms. The van der Waals surface area contributed by atoms with Crippen LogP contribution < -0.4 is 4.74 Å². The van der Waals surface area contributed by atoms with E-state index in [1.807, 2.05) is 24.3 Å². The number of rotatable bonds is 9. The van der Waals surface area contributed by atoms with Crippen LogP contribution in [-0.2, 0) is 32.6 Å². The molecular weight excluding hydrogens is 444 g/mol. The van der Waals surface area contributed by atoms with Gasteiger partial charge in [0.15, 0.2) is 12.4 Å². The number of hydrogen-bond donors (Lipinski definition) is 0. The van der Waals surface area contributed by atoms with E-state index in [4.69, 9.17) is 14.0 Å². The molecule has 2 heterocycles. The van der Waals surface area contributed by atoms with Gasteiger partial charge in [0.2, 0.25) is 10.0 Å². The number of aryl methyl sites for hydroxylation is 1. The highest BCUT2D eigenvalue weighted by Crippen LogP contribution is 2.29. The van der Waals surface area contributed by atoms with Crippen LogP contribution in [0, 0.1) is 0 Å². The summed E-state index contributed by atoms with van der Waals surface area (Å²) < 4.78 is 42.6. The summed E-state index contributed by atoms with van der Waals surface area (Å²) in [5.41, 5.74) is 2.25. The molecule has 2 aromatic carbocycles. The molecule has 0 radical (unpaired) electrons. The fourth-order valence-electron chi connectivity index (χ4n) is 3.74. The topological polar surface area (TPSA) is 98.9 Å². The lowest BCUT2D eigenvalue weighted by atomic mass is 10.1. The number of nitrogens with zero attached hydrogens (tertiary/aromatic N) is 2. The highest BCUT2D eigenvalue weighted by molar-refractivity contribution is 7.89. The van der Waals surface area contributed by atoms with Gasteiger partial charge in [0.05, 0.1) is 12.0 Å². The normalized spacial score (nSPS) is 14.3. The molecule has 1 aliphatic rings. The van der Waals surface area contributed by atoms with Crippen LogP contribution >= 0.6 is 0 Å². The molecule has 1 fully saturated rings. The van der Waals surface area contributed by atoms with Crippen LogP contribution in [0.25, 0.3) is 11.3 Å². The molecule has 9 heteroatoms. The van der Waals surface area contributed by atoms with Gasteiger partial charge in [0.1, 0.15) is 11.4 Å². The number of benzene rings is 2. The fourth-order valence-corrected chi connectivity index (χ4v) is 5.26. The van der Waals surface area contributed by atoms with Crippen LogP contribution in [0.4, 0.5) is 0 Å². The second-order valence-electron chi connectivity index (χ2n) is 7.79. The third kappa shape index (κ3) is 5.43. The van der Waals surface area contributed by atoms with Crippen molar-refractivity contribution in [3.8, 4) is 17.0 Å². The summed E-state index contributed by atoms with van der Waals surface area (Å²) in [6, 6.07) is 15.8. The Labute approximate surface area is 193 Å². The molecular formula is C24H26N2O6S. The zero-order valence-electron chi connectivity index (χ0n) is 18.4. The summed E-state index contributed by atoms with van der Waals surface area (Å²) in [7, 11) is -1.85. The Morgan fingerprint density at radius 1 is 1.09 bits per heavy atom. The van der Waals surface area contributed by atoms with E-state index in [9.17, 15) is 13.2 Å². The van der Waals surface area contributed by atoms with E-state index >= 15 is 0 Å². The predicted octanol–water partition coefficient (Wildman–Crippen LogP) is 3.81. The van der Waals surface area contributed by atoms with E-state index in [-0.39, 0.29) is 23.9 Å². The van der Waals surface area contributed by atoms with Crippen molar-refractivity contribution in [2.45, 2.75) is 37.2 Å². The maximum Gasteiger partial charge on any atom is 0.306 e. The van der Waals surface area contributed by atoms with Gasteiger partial charge in [-0.25, -0.2) is 8.42 Å². The number of hydrogen-bond acceptors (Lipinski definition) is 7. The first-order valence-corrected chi connectivity index (χ1v) is 12.2. The van der Waals surface area contributed by atoms with Gasteiger partial charge in [0, 0.05) is 31.1 Å². The molecule has 4 rings (SSSR count). The first kappa shape index (κ1) is 23.0. The van der Waals surface area contributed by atoms with Gasteiger partial charge >= 0.3 is 5.97 Å². The van der Waals surface area contributed by atoms with Crippen LogP contribution in [0.15, 0.2) is 64.0 Å². The largest absolute Gasteiger partial charge is 0.496 e. The zero-order chi connectivity index (χ0) is 23.3. The van der Waals surface area contributed by atoms with Crippen molar-refractivity contribution in [2.24, 2.45) is 0 Å². The van der Waals surface area contributed by atoms with Gasteiger partial charge in [0.25, 0.3) is 0 Å². The third-order valence-corrected chi connectivity index (χ3v) is 7.47. The Kier molecular flexibility index (Phi) is 7.10. The molecule has 1 aromatic heterocycles. The number of methoxy groups -OCH3 is 1. The average molecular weight is 471 g/mol. The highest BCUT2D eigenvalue weighted by atomic mass is 32.2. The second-order valence-corrected chi connectivity index (χ2v) is 9.73. The average Bonchev–Trinajstić information content (AvgIpc) is 3.54. The van der Waals surface area contributed by atoms with Crippen LogP contribution in [0.5, 0.6) is 5.75 Å². The van der Waals surface area contributed by atoms with Gasteiger partial charge < -0.3 is 14.0 Å². The molecule has 0 saturated carbocycles. The first-order valence-electron chi connectivity index (χ1n) is 10.8. The predicted molar refractivity (Wildman–Crippen MR) is 121 cm³/mol. The molecule has 33 heavy (non-hydrogen) atoms. The van der Waals surface area contributed by atoms with Crippen molar-refractivity contribution >= 4 is 16.0 Å². The van der Waals surface area contributed by atoms with Gasteiger partial charge in [-0.05, 0) is 49.1 Å². The molecule has 0 amide bonds. The number of esters is 1. The molecule has 0 aliphatic carbocycles. The van der Waals surface area contributed by atoms with Crippen LogP contribution in [0.2, 0.25) is 0 Å². The van der Waals surface area contributed by atoms with Crippen LogP contribution in [0.1, 0.15) is 30.6 Å².